The second-order valence-electron chi connectivity index (χ2n) is 5.92. The largest absolute Gasteiger partial charge is 0.378 e. The molecular weight excluding hydrogens is 252 g/mol. The first-order chi connectivity index (χ1) is 9.56. The lowest BCUT2D eigenvalue weighted by Crippen LogP contribution is -2.35. The fourth-order valence-corrected chi connectivity index (χ4v) is 2.71. The Morgan fingerprint density at radius 1 is 1.50 bits per heavy atom. The molecule has 0 aliphatic carbocycles. The molecule has 1 aliphatic rings. The number of pyridine rings is 1. The normalized spacial score (nSPS) is 22.2. The van der Waals surface area contributed by atoms with Gasteiger partial charge < -0.3 is 10.1 Å². The summed E-state index contributed by atoms with van der Waals surface area (Å²) in [6.07, 6.45) is 3.48. The summed E-state index contributed by atoms with van der Waals surface area (Å²) in [6, 6.07) is 3.89. The van der Waals surface area contributed by atoms with E-state index in [2.05, 4.69) is 24.1 Å². The molecule has 2 heterocycles. The van der Waals surface area contributed by atoms with Crippen molar-refractivity contribution in [2.75, 3.05) is 13.2 Å². The molecule has 110 valence electrons. The summed E-state index contributed by atoms with van der Waals surface area (Å²) in [7, 11) is 0. The van der Waals surface area contributed by atoms with Crippen molar-refractivity contribution in [3.05, 3.63) is 29.6 Å². The van der Waals surface area contributed by atoms with Gasteiger partial charge in [-0.3, -0.25) is 9.78 Å². The lowest BCUT2D eigenvalue weighted by atomic mass is 9.93. The average molecular weight is 276 g/mol. The van der Waals surface area contributed by atoms with E-state index in [0.717, 1.165) is 24.3 Å². The van der Waals surface area contributed by atoms with Gasteiger partial charge in [-0.25, -0.2) is 0 Å². The van der Waals surface area contributed by atoms with Crippen LogP contribution in [0.2, 0.25) is 0 Å². The molecule has 1 aromatic heterocycles. The van der Waals surface area contributed by atoms with Crippen molar-refractivity contribution in [1.82, 2.24) is 10.3 Å². The highest BCUT2D eigenvalue weighted by molar-refractivity contribution is 5.78. The second-order valence-corrected chi connectivity index (χ2v) is 5.92. The molecule has 4 nitrogen and oxygen atoms in total. The van der Waals surface area contributed by atoms with E-state index in [1.807, 2.05) is 19.1 Å². The molecule has 2 rings (SSSR count). The maximum atomic E-state index is 12.0. The number of rotatable bonds is 5. The molecule has 1 saturated heterocycles. The van der Waals surface area contributed by atoms with Crippen molar-refractivity contribution in [3.63, 3.8) is 0 Å². The third-order valence-electron chi connectivity index (χ3n) is 3.82. The first-order valence-corrected chi connectivity index (χ1v) is 7.36. The monoisotopic (exact) mass is 276 g/mol. The summed E-state index contributed by atoms with van der Waals surface area (Å²) in [5, 5.41) is 3.03. The minimum Gasteiger partial charge on any atom is -0.378 e. The molecular formula is C16H24N2O2. The Labute approximate surface area is 120 Å². The molecule has 1 amide bonds. The first-order valence-electron chi connectivity index (χ1n) is 7.36. The van der Waals surface area contributed by atoms with E-state index in [0.29, 0.717) is 24.8 Å². The van der Waals surface area contributed by atoms with Gasteiger partial charge >= 0.3 is 0 Å². The van der Waals surface area contributed by atoms with Crippen LogP contribution in [0.3, 0.4) is 0 Å². The van der Waals surface area contributed by atoms with Gasteiger partial charge in [0.1, 0.15) is 0 Å². The van der Waals surface area contributed by atoms with Crippen LogP contribution in [-0.2, 0) is 16.0 Å². The highest BCUT2D eigenvalue weighted by Crippen LogP contribution is 2.26. The number of carbonyl (C=O) groups is 1. The van der Waals surface area contributed by atoms with Gasteiger partial charge in [-0.1, -0.05) is 19.9 Å². The molecule has 1 aromatic rings. The average Bonchev–Trinajstić information content (AvgIpc) is 2.88. The maximum absolute atomic E-state index is 12.0. The van der Waals surface area contributed by atoms with Crippen LogP contribution >= 0.6 is 0 Å². The van der Waals surface area contributed by atoms with Crippen molar-refractivity contribution >= 4 is 5.91 Å². The zero-order chi connectivity index (χ0) is 14.5. The highest BCUT2D eigenvalue weighted by Gasteiger charge is 2.30. The van der Waals surface area contributed by atoms with Crippen LogP contribution in [-0.4, -0.2) is 30.1 Å². The molecule has 0 spiro atoms. The van der Waals surface area contributed by atoms with Crippen molar-refractivity contribution in [1.29, 1.82) is 0 Å². The molecule has 0 aromatic carbocycles. The number of hydrogen-bond donors (Lipinski definition) is 1. The number of aryl methyl sites for hydroxylation is 1. The second kappa shape index (κ2) is 6.84. The number of nitrogens with one attached hydrogen (secondary N) is 1. The van der Waals surface area contributed by atoms with Gasteiger partial charge in [0.15, 0.2) is 0 Å². The number of hydrogen-bond acceptors (Lipinski definition) is 3. The van der Waals surface area contributed by atoms with Crippen LogP contribution in [0.15, 0.2) is 18.3 Å². The van der Waals surface area contributed by atoms with Gasteiger partial charge in [-0.15, -0.1) is 0 Å². The Hall–Kier alpha value is -1.42. The molecule has 1 fully saturated rings. The van der Waals surface area contributed by atoms with E-state index >= 15 is 0 Å². The smallest absolute Gasteiger partial charge is 0.224 e. The molecule has 20 heavy (non-hydrogen) atoms. The van der Waals surface area contributed by atoms with Crippen molar-refractivity contribution < 1.29 is 9.53 Å². The van der Waals surface area contributed by atoms with Crippen molar-refractivity contribution in [2.45, 2.75) is 39.7 Å². The summed E-state index contributed by atoms with van der Waals surface area (Å²) in [5.41, 5.74) is 1.92. The van der Waals surface area contributed by atoms with Crippen molar-refractivity contribution in [2.24, 2.45) is 11.8 Å². The summed E-state index contributed by atoms with van der Waals surface area (Å²) >= 11 is 0. The lowest BCUT2D eigenvalue weighted by Gasteiger charge is -2.22. The van der Waals surface area contributed by atoms with E-state index < -0.39 is 0 Å². The van der Waals surface area contributed by atoms with Crippen LogP contribution in [0.25, 0.3) is 0 Å². The summed E-state index contributed by atoms with van der Waals surface area (Å²) in [4.78, 5) is 16.2. The van der Waals surface area contributed by atoms with E-state index in [1.54, 1.807) is 6.20 Å². The fourth-order valence-electron chi connectivity index (χ4n) is 2.71. The first kappa shape index (κ1) is 15.0. The molecule has 1 N–H and O–H groups in total. The number of nitrogens with zero attached hydrogens (tertiary/aromatic N) is 1. The van der Waals surface area contributed by atoms with Gasteiger partial charge in [-0.05, 0) is 30.9 Å². The number of amides is 1. The van der Waals surface area contributed by atoms with Crippen LogP contribution in [0.1, 0.15) is 31.5 Å². The molecule has 4 heteroatoms. The predicted molar refractivity (Wildman–Crippen MR) is 78.4 cm³/mol. The fraction of sp³-hybridized carbons (Fsp3) is 0.625. The minimum absolute atomic E-state index is 0.0602. The Kier molecular flexibility index (Phi) is 5.12. The maximum Gasteiger partial charge on any atom is 0.224 e. The topological polar surface area (TPSA) is 51.2 Å². The number of carbonyl (C=O) groups excluding carboxylic acids is 1. The Morgan fingerprint density at radius 3 is 2.95 bits per heavy atom. The van der Waals surface area contributed by atoms with E-state index in [4.69, 9.17) is 4.74 Å². The number of ether oxygens (including phenoxy) is 1. The van der Waals surface area contributed by atoms with Crippen LogP contribution < -0.4 is 5.32 Å². The molecule has 2 atom stereocenters. The third-order valence-corrected chi connectivity index (χ3v) is 3.82. The van der Waals surface area contributed by atoms with Gasteiger partial charge in [0.05, 0.1) is 12.5 Å². The Bertz CT molecular complexity index is 442. The van der Waals surface area contributed by atoms with E-state index in [9.17, 15) is 4.79 Å². The van der Waals surface area contributed by atoms with Crippen LogP contribution in [0, 0.1) is 18.8 Å². The van der Waals surface area contributed by atoms with Gasteiger partial charge in [0.2, 0.25) is 5.91 Å². The highest BCUT2D eigenvalue weighted by atomic mass is 16.5. The predicted octanol–water partition coefficient (Wildman–Crippen LogP) is 2.11. The summed E-state index contributed by atoms with van der Waals surface area (Å²) < 4.78 is 5.73. The summed E-state index contributed by atoms with van der Waals surface area (Å²) in [6.45, 7) is 7.80. The molecule has 0 unspecified atom stereocenters. The minimum atomic E-state index is 0.0602. The zero-order valence-corrected chi connectivity index (χ0v) is 12.6. The molecule has 1 aliphatic heterocycles. The Morgan fingerprint density at radius 2 is 2.30 bits per heavy atom. The van der Waals surface area contributed by atoms with Crippen LogP contribution in [0.5, 0.6) is 0 Å². The standard InChI is InChI=1S/C16H24N2O2/c1-11(2)16-14(6-7-20-16)10-18-15(19)8-13-5-4-12(3)17-9-13/h4-5,9,11,14,16H,6-8,10H2,1-3H3,(H,18,19)/t14-,16-/m1/s1. The van der Waals surface area contributed by atoms with E-state index in [1.165, 1.54) is 0 Å². The molecule has 0 bridgehead atoms. The lowest BCUT2D eigenvalue weighted by molar-refractivity contribution is -0.120. The molecule has 0 radical (unpaired) electrons. The third kappa shape index (κ3) is 4.04. The Balaban J connectivity index is 1.79. The van der Waals surface area contributed by atoms with E-state index in [-0.39, 0.29) is 12.0 Å². The van der Waals surface area contributed by atoms with Gasteiger partial charge in [0.25, 0.3) is 0 Å². The quantitative estimate of drug-likeness (QED) is 0.896. The van der Waals surface area contributed by atoms with Crippen molar-refractivity contribution in [3.8, 4) is 0 Å². The number of aromatic nitrogens is 1. The molecule has 0 saturated carbocycles. The van der Waals surface area contributed by atoms with Gasteiger partial charge in [-0.2, -0.15) is 0 Å². The SMILES string of the molecule is Cc1ccc(CC(=O)NC[C@H]2CCO[C@@H]2C(C)C)cn1. The van der Waals surface area contributed by atoms with Crippen LogP contribution in [0.4, 0.5) is 0 Å². The summed E-state index contributed by atoms with van der Waals surface area (Å²) in [5.74, 6) is 1.00. The van der Waals surface area contributed by atoms with Gasteiger partial charge in [0, 0.05) is 31.0 Å². The zero-order valence-electron chi connectivity index (χ0n) is 12.6.